The van der Waals surface area contributed by atoms with Gasteiger partial charge in [-0.3, -0.25) is 0 Å². The van der Waals surface area contributed by atoms with E-state index in [0.29, 0.717) is 0 Å². The third kappa shape index (κ3) is 4.30. The van der Waals surface area contributed by atoms with Crippen molar-refractivity contribution in [2.24, 2.45) is 4.40 Å². The van der Waals surface area contributed by atoms with Gasteiger partial charge in [-0.05, 0) is 38.5 Å². The summed E-state index contributed by atoms with van der Waals surface area (Å²) in [5, 5.41) is 0. The largest absolute Gasteiger partial charge is 0.378 e. The third-order valence-electron chi connectivity index (χ3n) is 2.23. The van der Waals surface area contributed by atoms with E-state index >= 15 is 0 Å². The first-order valence-corrected chi connectivity index (χ1v) is 6.65. The first-order valence-electron chi connectivity index (χ1n) is 5.54. The number of nitrogens with zero attached hydrogens (tertiary/aromatic N) is 2. The van der Waals surface area contributed by atoms with Crippen LogP contribution in [0.2, 0.25) is 0 Å². The molecule has 0 spiro atoms. The van der Waals surface area contributed by atoms with E-state index in [1.165, 1.54) is 0 Å². The van der Waals surface area contributed by atoms with Gasteiger partial charge >= 0.3 is 0 Å². The van der Waals surface area contributed by atoms with Crippen molar-refractivity contribution >= 4 is 22.9 Å². The van der Waals surface area contributed by atoms with Crippen LogP contribution in [-0.2, 0) is 11.0 Å². The van der Waals surface area contributed by atoms with Gasteiger partial charge in [-0.15, -0.1) is 0 Å². The monoisotopic (exact) mass is 252 g/mol. The lowest BCUT2D eigenvalue weighted by molar-refractivity contribution is 0.651. The van der Waals surface area contributed by atoms with Crippen LogP contribution in [0.5, 0.6) is 0 Å². The molecule has 0 saturated carbocycles. The molecule has 0 aromatic heterocycles. The maximum Gasteiger partial charge on any atom is 0.144 e. The first kappa shape index (κ1) is 13.9. The molecule has 0 aliphatic rings. The highest BCUT2D eigenvalue weighted by atomic mass is 32.2. The standard InChI is InChI=1S/C13H20N2OS/c1-13(2,3)17(16)14-10-11-6-8-12(9-7-11)15(4)5/h6-10H,1-5H3/b14-10+. The number of hydrogen-bond donors (Lipinski definition) is 0. The number of benzene rings is 1. The Morgan fingerprint density at radius 1 is 1.18 bits per heavy atom. The lowest BCUT2D eigenvalue weighted by Crippen LogP contribution is -2.19. The topological polar surface area (TPSA) is 32.7 Å². The third-order valence-corrected chi connectivity index (χ3v) is 3.58. The molecule has 1 unspecified atom stereocenters. The van der Waals surface area contributed by atoms with Crippen LogP contribution in [-0.4, -0.2) is 29.3 Å². The van der Waals surface area contributed by atoms with E-state index in [1.807, 2.05) is 64.0 Å². The van der Waals surface area contributed by atoms with Crippen LogP contribution in [0, 0.1) is 0 Å². The molecule has 1 aromatic rings. The van der Waals surface area contributed by atoms with Gasteiger partial charge < -0.3 is 4.90 Å². The minimum absolute atomic E-state index is 0.305. The molecule has 0 aliphatic heterocycles. The van der Waals surface area contributed by atoms with Crippen LogP contribution >= 0.6 is 0 Å². The van der Waals surface area contributed by atoms with Crippen molar-refractivity contribution < 1.29 is 4.21 Å². The molecule has 0 amide bonds. The highest BCUT2D eigenvalue weighted by Gasteiger charge is 2.17. The van der Waals surface area contributed by atoms with Crippen LogP contribution in [0.4, 0.5) is 5.69 Å². The lowest BCUT2D eigenvalue weighted by atomic mass is 10.2. The van der Waals surface area contributed by atoms with E-state index in [9.17, 15) is 4.21 Å². The smallest absolute Gasteiger partial charge is 0.144 e. The Hall–Kier alpha value is -1.16. The van der Waals surface area contributed by atoms with Crippen LogP contribution in [0.3, 0.4) is 0 Å². The zero-order chi connectivity index (χ0) is 13.1. The molecule has 0 fully saturated rings. The fourth-order valence-electron chi connectivity index (χ4n) is 1.13. The predicted octanol–water partition coefficient (Wildman–Crippen LogP) is 2.63. The molecule has 94 valence electrons. The second-order valence-electron chi connectivity index (χ2n) is 5.08. The van der Waals surface area contributed by atoms with E-state index in [2.05, 4.69) is 4.40 Å². The maximum atomic E-state index is 11.7. The summed E-state index contributed by atoms with van der Waals surface area (Å²) >= 11 is 0. The minimum Gasteiger partial charge on any atom is -0.378 e. The Morgan fingerprint density at radius 3 is 2.12 bits per heavy atom. The van der Waals surface area contributed by atoms with Gasteiger partial charge in [-0.25, -0.2) is 4.21 Å². The number of rotatable bonds is 3. The molecule has 0 aliphatic carbocycles. The fourth-order valence-corrected chi connectivity index (χ4v) is 1.66. The van der Waals surface area contributed by atoms with Crippen molar-refractivity contribution in [2.45, 2.75) is 25.5 Å². The van der Waals surface area contributed by atoms with Gasteiger partial charge in [0.2, 0.25) is 0 Å². The average Bonchev–Trinajstić information content (AvgIpc) is 2.25. The Bertz CT molecular complexity index is 416. The summed E-state index contributed by atoms with van der Waals surface area (Å²) in [6.07, 6.45) is 1.67. The minimum atomic E-state index is -1.19. The second kappa shape index (κ2) is 5.45. The van der Waals surface area contributed by atoms with E-state index in [0.717, 1.165) is 11.3 Å². The van der Waals surface area contributed by atoms with Gasteiger partial charge in [0, 0.05) is 26.0 Å². The van der Waals surface area contributed by atoms with Crippen LogP contribution in [0.25, 0.3) is 0 Å². The van der Waals surface area contributed by atoms with E-state index < -0.39 is 11.0 Å². The summed E-state index contributed by atoms with van der Waals surface area (Å²) in [6, 6.07) is 7.97. The highest BCUT2D eigenvalue weighted by molar-refractivity contribution is 7.85. The zero-order valence-corrected chi connectivity index (χ0v) is 11.9. The maximum absolute atomic E-state index is 11.7. The Morgan fingerprint density at radius 2 is 1.71 bits per heavy atom. The van der Waals surface area contributed by atoms with E-state index in [-0.39, 0.29) is 4.75 Å². The number of anilines is 1. The normalized spacial score (nSPS) is 13.9. The predicted molar refractivity (Wildman–Crippen MR) is 76.3 cm³/mol. The van der Waals surface area contributed by atoms with Crippen molar-refractivity contribution in [1.82, 2.24) is 0 Å². The van der Waals surface area contributed by atoms with Gasteiger partial charge in [0.15, 0.2) is 0 Å². The van der Waals surface area contributed by atoms with Crippen LogP contribution in [0.15, 0.2) is 28.7 Å². The fraction of sp³-hybridized carbons (Fsp3) is 0.462. The first-order chi connectivity index (χ1) is 7.80. The van der Waals surface area contributed by atoms with E-state index in [1.54, 1.807) is 6.21 Å². The molecule has 0 heterocycles. The van der Waals surface area contributed by atoms with Crippen molar-refractivity contribution in [1.29, 1.82) is 0 Å². The molecule has 4 heteroatoms. The van der Waals surface area contributed by atoms with Gasteiger partial charge in [-0.2, -0.15) is 4.40 Å². The Kier molecular flexibility index (Phi) is 4.46. The van der Waals surface area contributed by atoms with E-state index in [4.69, 9.17) is 0 Å². The lowest BCUT2D eigenvalue weighted by Gasteiger charge is -2.13. The molecular weight excluding hydrogens is 232 g/mol. The summed E-state index contributed by atoms with van der Waals surface area (Å²) in [6.45, 7) is 5.74. The Balaban J connectivity index is 2.76. The molecule has 1 aromatic carbocycles. The average molecular weight is 252 g/mol. The van der Waals surface area contributed by atoms with Gasteiger partial charge in [0.25, 0.3) is 0 Å². The van der Waals surface area contributed by atoms with Crippen molar-refractivity contribution in [3.63, 3.8) is 0 Å². The van der Waals surface area contributed by atoms with Gasteiger partial charge in [0.05, 0.1) is 4.75 Å². The molecule has 1 atom stereocenters. The summed E-state index contributed by atoms with van der Waals surface area (Å²) in [5.74, 6) is 0. The van der Waals surface area contributed by atoms with Gasteiger partial charge in [-0.1, -0.05) is 12.1 Å². The highest BCUT2D eigenvalue weighted by Crippen LogP contribution is 2.14. The van der Waals surface area contributed by atoms with Crippen molar-refractivity contribution in [3.8, 4) is 0 Å². The Labute approximate surface area is 106 Å². The molecule has 17 heavy (non-hydrogen) atoms. The summed E-state index contributed by atoms with van der Waals surface area (Å²) in [7, 11) is 2.80. The quantitative estimate of drug-likeness (QED) is 0.775. The van der Waals surface area contributed by atoms with Gasteiger partial charge in [0.1, 0.15) is 11.0 Å². The molecule has 0 saturated heterocycles. The van der Waals surface area contributed by atoms with Crippen molar-refractivity contribution in [2.75, 3.05) is 19.0 Å². The number of hydrogen-bond acceptors (Lipinski definition) is 2. The van der Waals surface area contributed by atoms with Crippen LogP contribution in [0.1, 0.15) is 26.3 Å². The zero-order valence-electron chi connectivity index (χ0n) is 11.1. The summed E-state index contributed by atoms with van der Waals surface area (Å²) in [5.41, 5.74) is 2.10. The summed E-state index contributed by atoms with van der Waals surface area (Å²) < 4.78 is 15.5. The SMILES string of the molecule is CN(C)c1ccc(/C=N/S(=O)C(C)(C)C)cc1. The second-order valence-corrected chi connectivity index (χ2v) is 7.02. The molecular formula is C13H20N2OS. The summed E-state index contributed by atoms with van der Waals surface area (Å²) in [4.78, 5) is 2.04. The van der Waals surface area contributed by atoms with Crippen molar-refractivity contribution in [3.05, 3.63) is 29.8 Å². The molecule has 0 bridgehead atoms. The molecule has 3 nitrogen and oxygen atoms in total. The molecule has 0 N–H and O–H groups in total. The van der Waals surface area contributed by atoms with Crippen LogP contribution < -0.4 is 4.90 Å². The molecule has 1 rings (SSSR count). The molecule has 0 radical (unpaired) electrons.